The molecule has 0 saturated carbocycles. The molecule has 0 aliphatic heterocycles. The zero-order valence-electron chi connectivity index (χ0n) is 15.5. The van der Waals surface area contributed by atoms with Crippen LogP contribution >= 0.6 is 0 Å². The van der Waals surface area contributed by atoms with Crippen molar-refractivity contribution in [3.63, 3.8) is 0 Å². The van der Waals surface area contributed by atoms with Crippen molar-refractivity contribution in [2.75, 3.05) is 11.9 Å². The van der Waals surface area contributed by atoms with E-state index in [-0.39, 0.29) is 11.9 Å². The van der Waals surface area contributed by atoms with E-state index in [1.54, 1.807) is 24.8 Å². The van der Waals surface area contributed by atoms with Crippen LogP contribution in [0.2, 0.25) is 0 Å². The highest BCUT2D eigenvalue weighted by Crippen LogP contribution is 2.31. The topological polar surface area (TPSA) is 46.8 Å². The van der Waals surface area contributed by atoms with Crippen LogP contribution in [0.25, 0.3) is 22.0 Å². The number of aromatic nitrogens is 4. The summed E-state index contributed by atoms with van der Waals surface area (Å²) in [5.41, 5.74) is 3.79. The lowest BCUT2D eigenvalue weighted by molar-refractivity contribution is 0.628. The minimum atomic E-state index is -0.243. The number of benzene rings is 2. The van der Waals surface area contributed by atoms with Gasteiger partial charge in [0.25, 0.3) is 0 Å². The average molecular weight is 361 g/mol. The highest BCUT2D eigenvalue weighted by molar-refractivity contribution is 5.92. The van der Waals surface area contributed by atoms with Crippen LogP contribution in [-0.4, -0.2) is 26.6 Å². The maximum atomic E-state index is 13.2. The Kier molecular flexibility index (Phi) is 4.32. The third-order valence-corrected chi connectivity index (χ3v) is 4.86. The van der Waals surface area contributed by atoms with Gasteiger partial charge in [-0.15, -0.1) is 0 Å². The number of anilines is 1. The van der Waals surface area contributed by atoms with E-state index in [1.165, 1.54) is 12.1 Å². The molecule has 2 aromatic carbocycles. The Morgan fingerprint density at radius 1 is 1.00 bits per heavy atom. The zero-order chi connectivity index (χ0) is 19.0. The lowest BCUT2D eigenvalue weighted by Crippen LogP contribution is -2.23. The van der Waals surface area contributed by atoms with Crippen LogP contribution in [-0.2, 0) is 7.05 Å². The fourth-order valence-corrected chi connectivity index (χ4v) is 3.18. The highest BCUT2D eigenvalue weighted by Gasteiger charge is 2.18. The molecule has 0 radical (unpaired) electrons. The Bertz CT molecular complexity index is 1090. The molecule has 0 bridgehead atoms. The second-order valence-electron chi connectivity index (χ2n) is 6.69. The van der Waals surface area contributed by atoms with Gasteiger partial charge < -0.3 is 9.47 Å². The van der Waals surface area contributed by atoms with Gasteiger partial charge in [0, 0.05) is 25.7 Å². The molecular weight excluding hydrogens is 341 g/mol. The summed E-state index contributed by atoms with van der Waals surface area (Å²) < 4.78 is 15.2. The van der Waals surface area contributed by atoms with Gasteiger partial charge in [-0.3, -0.25) is 0 Å². The van der Waals surface area contributed by atoms with Gasteiger partial charge >= 0.3 is 0 Å². The number of hydrogen-bond acceptors (Lipinski definition) is 4. The van der Waals surface area contributed by atoms with Gasteiger partial charge in [-0.25, -0.2) is 19.3 Å². The lowest BCUT2D eigenvalue weighted by Gasteiger charge is -2.25. The molecule has 136 valence electrons. The normalized spacial score (nSPS) is 12.3. The first-order valence-corrected chi connectivity index (χ1v) is 8.74. The van der Waals surface area contributed by atoms with Crippen molar-refractivity contribution in [1.29, 1.82) is 0 Å². The van der Waals surface area contributed by atoms with E-state index in [2.05, 4.69) is 32.8 Å². The van der Waals surface area contributed by atoms with Gasteiger partial charge in [-0.2, -0.15) is 0 Å². The van der Waals surface area contributed by atoms with Crippen molar-refractivity contribution >= 4 is 16.7 Å². The first-order valence-electron chi connectivity index (χ1n) is 8.74. The summed E-state index contributed by atoms with van der Waals surface area (Å²) in [6.45, 7) is 2.10. The summed E-state index contributed by atoms with van der Waals surface area (Å²) >= 11 is 0. The van der Waals surface area contributed by atoms with E-state index in [0.29, 0.717) is 0 Å². The molecule has 2 heterocycles. The second-order valence-corrected chi connectivity index (χ2v) is 6.69. The zero-order valence-corrected chi connectivity index (χ0v) is 15.5. The summed E-state index contributed by atoms with van der Waals surface area (Å²) in [5.74, 6) is 0.592. The highest BCUT2D eigenvalue weighted by atomic mass is 19.1. The molecule has 0 aliphatic rings. The molecule has 6 heteroatoms. The third-order valence-electron chi connectivity index (χ3n) is 4.86. The number of halogens is 1. The lowest BCUT2D eigenvalue weighted by atomic mass is 10.0. The van der Waals surface area contributed by atoms with Gasteiger partial charge in [-0.05, 0) is 42.3 Å². The molecule has 27 heavy (non-hydrogen) atoms. The smallest absolute Gasteiger partial charge is 0.140 e. The molecule has 5 nitrogen and oxygen atoms in total. The molecule has 0 spiro atoms. The first-order chi connectivity index (χ1) is 13.0. The van der Waals surface area contributed by atoms with E-state index in [1.807, 2.05) is 37.0 Å². The molecule has 4 aromatic rings. The molecule has 0 saturated heterocycles. The minimum Gasteiger partial charge on any atom is -0.351 e. The van der Waals surface area contributed by atoms with Crippen molar-refractivity contribution in [1.82, 2.24) is 19.5 Å². The monoisotopic (exact) mass is 361 g/mol. The van der Waals surface area contributed by atoms with Gasteiger partial charge in [0.2, 0.25) is 0 Å². The molecule has 0 fully saturated rings. The average Bonchev–Trinajstić information content (AvgIpc) is 3.13. The molecule has 2 aromatic heterocycles. The largest absolute Gasteiger partial charge is 0.351 e. The summed E-state index contributed by atoms with van der Waals surface area (Å²) in [7, 11) is 3.96. The standard InChI is InChI=1S/C21H20FN5/c1-14(20-11-26(2)13-25-20)27(3)21-18-10-16(6-9-19(18)23-12-24-21)15-4-7-17(22)8-5-15/h4-14H,1-3H3. The SMILES string of the molecule is CC(c1cn(C)cn1)N(C)c1ncnc2ccc(-c3ccc(F)cc3)cc12. The van der Waals surface area contributed by atoms with Gasteiger partial charge in [0.1, 0.15) is 18.0 Å². The van der Waals surface area contributed by atoms with E-state index in [0.717, 1.165) is 33.5 Å². The molecule has 0 amide bonds. The molecule has 0 aliphatic carbocycles. The number of hydrogen-bond donors (Lipinski definition) is 0. The third kappa shape index (κ3) is 3.26. The van der Waals surface area contributed by atoms with Crippen LogP contribution in [0.4, 0.5) is 10.2 Å². The van der Waals surface area contributed by atoms with Crippen LogP contribution in [0.3, 0.4) is 0 Å². The van der Waals surface area contributed by atoms with Gasteiger partial charge in [0.15, 0.2) is 0 Å². The maximum Gasteiger partial charge on any atom is 0.140 e. The summed E-state index contributed by atoms with van der Waals surface area (Å²) in [6, 6.07) is 12.6. The summed E-state index contributed by atoms with van der Waals surface area (Å²) in [5, 5.41) is 0.949. The fourth-order valence-electron chi connectivity index (χ4n) is 3.18. The number of imidazole rings is 1. The van der Waals surface area contributed by atoms with Crippen molar-refractivity contribution in [2.45, 2.75) is 13.0 Å². The predicted molar refractivity (Wildman–Crippen MR) is 105 cm³/mol. The Morgan fingerprint density at radius 2 is 1.74 bits per heavy atom. The molecular formula is C21H20FN5. The van der Waals surface area contributed by atoms with Crippen LogP contribution in [0.15, 0.2) is 61.3 Å². The van der Waals surface area contributed by atoms with Gasteiger partial charge in [0.05, 0.1) is 23.6 Å². The Balaban J connectivity index is 1.78. The summed E-state index contributed by atoms with van der Waals surface area (Å²) in [6.07, 6.45) is 5.38. The van der Waals surface area contributed by atoms with E-state index >= 15 is 0 Å². The number of nitrogens with zero attached hydrogens (tertiary/aromatic N) is 5. The van der Waals surface area contributed by atoms with Crippen LogP contribution in [0.1, 0.15) is 18.7 Å². The van der Waals surface area contributed by atoms with E-state index in [4.69, 9.17) is 0 Å². The molecule has 1 atom stereocenters. The van der Waals surface area contributed by atoms with Crippen molar-refractivity contribution in [3.8, 4) is 11.1 Å². The van der Waals surface area contributed by atoms with E-state index in [9.17, 15) is 4.39 Å². The Labute approximate surface area is 157 Å². The minimum absolute atomic E-state index is 0.0544. The molecule has 0 N–H and O–H groups in total. The number of aryl methyl sites for hydroxylation is 1. The number of fused-ring (bicyclic) bond motifs is 1. The van der Waals surface area contributed by atoms with Crippen LogP contribution < -0.4 is 4.90 Å². The molecule has 4 rings (SSSR count). The first kappa shape index (κ1) is 17.1. The molecule has 1 unspecified atom stereocenters. The Morgan fingerprint density at radius 3 is 2.44 bits per heavy atom. The summed E-state index contributed by atoms with van der Waals surface area (Å²) in [4.78, 5) is 15.5. The van der Waals surface area contributed by atoms with Crippen molar-refractivity contribution < 1.29 is 4.39 Å². The van der Waals surface area contributed by atoms with Crippen molar-refractivity contribution in [2.24, 2.45) is 7.05 Å². The van der Waals surface area contributed by atoms with Crippen LogP contribution in [0.5, 0.6) is 0 Å². The predicted octanol–water partition coefficient (Wildman–Crippen LogP) is 4.37. The van der Waals surface area contributed by atoms with Gasteiger partial charge in [-0.1, -0.05) is 18.2 Å². The second kappa shape index (κ2) is 6.79. The van der Waals surface area contributed by atoms with E-state index < -0.39 is 0 Å². The van der Waals surface area contributed by atoms with Crippen molar-refractivity contribution in [3.05, 3.63) is 72.8 Å². The Hall–Kier alpha value is -3.28. The van der Waals surface area contributed by atoms with Crippen LogP contribution in [0, 0.1) is 5.82 Å². The quantitative estimate of drug-likeness (QED) is 0.542. The fraction of sp³-hybridized carbons (Fsp3) is 0.190. The maximum absolute atomic E-state index is 13.2. The number of rotatable bonds is 4.